The molecule has 0 fully saturated rings. The molecule has 24 heavy (non-hydrogen) atoms. The number of sulfone groups is 1. The summed E-state index contributed by atoms with van der Waals surface area (Å²) in [5.41, 5.74) is 1.21. The van der Waals surface area contributed by atoms with Gasteiger partial charge in [0.1, 0.15) is 15.6 Å². The zero-order chi connectivity index (χ0) is 17.1. The SMILES string of the molecule is CCNC(=NCCCS(C)(=O)=O)NCCc1ccc(OC)cc1.I. The van der Waals surface area contributed by atoms with Gasteiger partial charge < -0.3 is 15.4 Å². The van der Waals surface area contributed by atoms with E-state index in [0.717, 1.165) is 31.2 Å². The van der Waals surface area contributed by atoms with E-state index in [1.807, 2.05) is 31.2 Å². The van der Waals surface area contributed by atoms with Crippen LogP contribution in [0.25, 0.3) is 0 Å². The molecule has 0 aliphatic heterocycles. The van der Waals surface area contributed by atoms with E-state index in [4.69, 9.17) is 4.74 Å². The molecule has 0 unspecified atom stereocenters. The number of nitrogens with zero attached hydrogens (tertiary/aromatic N) is 1. The summed E-state index contributed by atoms with van der Waals surface area (Å²) in [7, 11) is -1.26. The summed E-state index contributed by atoms with van der Waals surface area (Å²) in [5, 5.41) is 6.41. The number of nitrogens with one attached hydrogen (secondary N) is 2. The van der Waals surface area contributed by atoms with Crippen molar-refractivity contribution in [2.24, 2.45) is 4.99 Å². The van der Waals surface area contributed by atoms with Crippen LogP contribution in [0.2, 0.25) is 0 Å². The van der Waals surface area contributed by atoms with Crippen molar-refractivity contribution in [3.63, 3.8) is 0 Å². The summed E-state index contributed by atoms with van der Waals surface area (Å²) in [6, 6.07) is 7.97. The van der Waals surface area contributed by atoms with Crippen molar-refractivity contribution in [2.45, 2.75) is 19.8 Å². The Hall–Kier alpha value is -1.03. The summed E-state index contributed by atoms with van der Waals surface area (Å²) in [5.74, 6) is 1.74. The van der Waals surface area contributed by atoms with E-state index in [-0.39, 0.29) is 29.7 Å². The Kier molecular flexibility index (Phi) is 11.8. The van der Waals surface area contributed by atoms with Crippen LogP contribution in [0.15, 0.2) is 29.3 Å². The highest BCUT2D eigenvalue weighted by atomic mass is 127. The normalized spacial score (nSPS) is 11.5. The lowest BCUT2D eigenvalue weighted by atomic mass is 10.1. The van der Waals surface area contributed by atoms with E-state index in [1.54, 1.807) is 7.11 Å². The highest BCUT2D eigenvalue weighted by Crippen LogP contribution is 2.11. The molecule has 0 amide bonds. The van der Waals surface area contributed by atoms with Crippen LogP contribution in [-0.4, -0.2) is 53.1 Å². The van der Waals surface area contributed by atoms with Gasteiger partial charge in [-0.3, -0.25) is 4.99 Å². The van der Waals surface area contributed by atoms with Crippen molar-refractivity contribution in [3.05, 3.63) is 29.8 Å². The van der Waals surface area contributed by atoms with Gasteiger partial charge in [0, 0.05) is 25.9 Å². The molecule has 6 nitrogen and oxygen atoms in total. The number of halogens is 1. The van der Waals surface area contributed by atoms with Gasteiger partial charge in [-0.1, -0.05) is 12.1 Å². The predicted molar refractivity (Wildman–Crippen MR) is 110 cm³/mol. The van der Waals surface area contributed by atoms with E-state index in [0.29, 0.717) is 13.0 Å². The van der Waals surface area contributed by atoms with Gasteiger partial charge in [0.25, 0.3) is 0 Å². The predicted octanol–water partition coefficient (Wildman–Crippen LogP) is 1.85. The van der Waals surface area contributed by atoms with E-state index >= 15 is 0 Å². The van der Waals surface area contributed by atoms with Crippen LogP contribution in [0.1, 0.15) is 18.9 Å². The second kappa shape index (κ2) is 12.3. The van der Waals surface area contributed by atoms with E-state index in [9.17, 15) is 8.42 Å². The second-order valence-corrected chi connectivity index (χ2v) is 7.53. The highest BCUT2D eigenvalue weighted by Gasteiger charge is 2.02. The molecule has 0 aliphatic rings. The molecule has 0 saturated carbocycles. The summed E-state index contributed by atoms with van der Waals surface area (Å²) in [4.78, 5) is 4.39. The molecule has 0 saturated heterocycles. The van der Waals surface area contributed by atoms with Crippen LogP contribution >= 0.6 is 24.0 Å². The number of methoxy groups -OCH3 is 1. The minimum Gasteiger partial charge on any atom is -0.497 e. The first-order valence-electron chi connectivity index (χ1n) is 7.77. The third-order valence-electron chi connectivity index (χ3n) is 3.15. The standard InChI is InChI=1S/C16H27N3O3S.HI/c1-4-17-16(18-11-5-13-23(3,20)21)19-12-10-14-6-8-15(22-2)9-7-14;/h6-9H,4-5,10-13H2,1-3H3,(H2,17,18,19);1H. The summed E-state index contributed by atoms with van der Waals surface area (Å²) in [6.45, 7) is 4.01. The molecule has 0 spiro atoms. The lowest BCUT2D eigenvalue weighted by Crippen LogP contribution is -2.38. The average Bonchev–Trinajstić information content (AvgIpc) is 2.51. The molecule has 2 N–H and O–H groups in total. The minimum absolute atomic E-state index is 0. The number of benzene rings is 1. The maximum absolute atomic E-state index is 11.1. The quantitative estimate of drug-likeness (QED) is 0.250. The third-order valence-corrected chi connectivity index (χ3v) is 4.18. The van der Waals surface area contributed by atoms with Crippen LogP contribution in [0.4, 0.5) is 0 Å². The van der Waals surface area contributed by atoms with Crippen molar-refractivity contribution in [3.8, 4) is 5.75 Å². The number of rotatable bonds is 9. The Morgan fingerprint density at radius 1 is 1.21 bits per heavy atom. The topological polar surface area (TPSA) is 79.8 Å². The highest BCUT2D eigenvalue weighted by molar-refractivity contribution is 14.0. The Labute approximate surface area is 162 Å². The number of aliphatic imine (C=N–C) groups is 1. The third kappa shape index (κ3) is 10.7. The van der Waals surface area contributed by atoms with Gasteiger partial charge in [-0.15, -0.1) is 24.0 Å². The fourth-order valence-electron chi connectivity index (χ4n) is 1.98. The Balaban J connectivity index is 0.00000529. The molecular formula is C16H28IN3O3S. The minimum atomic E-state index is -2.91. The molecule has 0 heterocycles. The van der Waals surface area contributed by atoms with Crippen LogP contribution in [0, 0.1) is 0 Å². The number of guanidine groups is 1. The van der Waals surface area contributed by atoms with Gasteiger partial charge in [0.05, 0.1) is 12.9 Å². The van der Waals surface area contributed by atoms with Crippen LogP contribution in [0.3, 0.4) is 0 Å². The molecule has 1 aromatic carbocycles. The molecule has 1 aromatic rings. The zero-order valence-electron chi connectivity index (χ0n) is 14.5. The molecule has 8 heteroatoms. The van der Waals surface area contributed by atoms with Gasteiger partial charge >= 0.3 is 0 Å². The summed E-state index contributed by atoms with van der Waals surface area (Å²) >= 11 is 0. The van der Waals surface area contributed by atoms with Crippen LogP contribution < -0.4 is 15.4 Å². The first-order valence-corrected chi connectivity index (χ1v) is 9.83. The molecule has 0 radical (unpaired) electrons. The van der Waals surface area contributed by atoms with Crippen LogP contribution in [0.5, 0.6) is 5.75 Å². The molecule has 0 aromatic heterocycles. The molecule has 0 atom stereocenters. The fraction of sp³-hybridized carbons (Fsp3) is 0.562. The van der Waals surface area contributed by atoms with Crippen molar-refractivity contribution in [2.75, 3.05) is 38.8 Å². The summed E-state index contributed by atoms with van der Waals surface area (Å²) in [6.07, 6.45) is 2.65. The summed E-state index contributed by atoms with van der Waals surface area (Å²) < 4.78 is 27.3. The van der Waals surface area contributed by atoms with Crippen LogP contribution in [-0.2, 0) is 16.3 Å². The largest absolute Gasteiger partial charge is 0.497 e. The Morgan fingerprint density at radius 2 is 1.88 bits per heavy atom. The molecule has 1 rings (SSSR count). The monoisotopic (exact) mass is 469 g/mol. The Bertz CT molecular complexity index is 589. The van der Waals surface area contributed by atoms with Crippen molar-refractivity contribution >= 4 is 39.8 Å². The molecule has 0 bridgehead atoms. The Morgan fingerprint density at radius 3 is 2.42 bits per heavy atom. The average molecular weight is 469 g/mol. The van der Waals surface area contributed by atoms with Gasteiger partial charge in [-0.2, -0.15) is 0 Å². The number of hydrogen-bond donors (Lipinski definition) is 2. The van der Waals surface area contributed by atoms with Crippen molar-refractivity contribution in [1.29, 1.82) is 0 Å². The van der Waals surface area contributed by atoms with Crippen molar-refractivity contribution in [1.82, 2.24) is 10.6 Å². The van der Waals surface area contributed by atoms with Gasteiger partial charge in [0.2, 0.25) is 0 Å². The maximum atomic E-state index is 11.1. The van der Waals surface area contributed by atoms with E-state index < -0.39 is 9.84 Å². The number of hydrogen-bond acceptors (Lipinski definition) is 4. The first-order chi connectivity index (χ1) is 10.9. The smallest absolute Gasteiger partial charge is 0.191 e. The fourth-order valence-corrected chi connectivity index (χ4v) is 2.63. The molecular weight excluding hydrogens is 441 g/mol. The van der Waals surface area contributed by atoms with Crippen molar-refractivity contribution < 1.29 is 13.2 Å². The first kappa shape index (κ1) is 23.0. The molecule has 0 aliphatic carbocycles. The number of ether oxygens (including phenoxy) is 1. The lowest BCUT2D eigenvalue weighted by molar-refractivity contribution is 0.414. The lowest BCUT2D eigenvalue weighted by Gasteiger charge is -2.11. The van der Waals surface area contributed by atoms with E-state index in [2.05, 4.69) is 15.6 Å². The maximum Gasteiger partial charge on any atom is 0.191 e. The van der Waals surface area contributed by atoms with Gasteiger partial charge in [-0.25, -0.2) is 8.42 Å². The van der Waals surface area contributed by atoms with Gasteiger partial charge in [-0.05, 0) is 37.5 Å². The zero-order valence-corrected chi connectivity index (χ0v) is 17.7. The molecule has 138 valence electrons. The van der Waals surface area contributed by atoms with E-state index in [1.165, 1.54) is 11.8 Å². The second-order valence-electron chi connectivity index (χ2n) is 5.27. The van der Waals surface area contributed by atoms with Gasteiger partial charge in [0.15, 0.2) is 5.96 Å².